The Morgan fingerprint density at radius 3 is 2.33 bits per heavy atom. The molecule has 24 heavy (non-hydrogen) atoms. The fourth-order valence-electron chi connectivity index (χ4n) is 2.59. The molecule has 1 heterocycles. The molecule has 124 valence electrons. The van der Waals surface area contributed by atoms with Crippen molar-refractivity contribution >= 4 is 17.6 Å². The Morgan fingerprint density at radius 2 is 1.67 bits per heavy atom. The zero-order valence-corrected chi connectivity index (χ0v) is 13.5. The van der Waals surface area contributed by atoms with Crippen molar-refractivity contribution in [2.24, 2.45) is 21.5 Å². The van der Waals surface area contributed by atoms with E-state index in [1.807, 2.05) is 48.5 Å². The predicted octanol–water partition coefficient (Wildman–Crippen LogP) is 1.85. The van der Waals surface area contributed by atoms with E-state index in [0.717, 1.165) is 17.0 Å². The van der Waals surface area contributed by atoms with Crippen LogP contribution >= 0.6 is 0 Å². The summed E-state index contributed by atoms with van der Waals surface area (Å²) < 4.78 is 10.6. The number of benzene rings is 2. The largest absolute Gasteiger partial charge is 0.497 e. The summed E-state index contributed by atoms with van der Waals surface area (Å²) >= 11 is 0. The number of guanidine groups is 2. The molecule has 0 radical (unpaired) electrons. The lowest BCUT2D eigenvalue weighted by Crippen LogP contribution is -2.44. The van der Waals surface area contributed by atoms with Gasteiger partial charge in [-0.15, -0.1) is 0 Å². The van der Waals surface area contributed by atoms with Gasteiger partial charge in [-0.3, -0.25) is 4.90 Å². The van der Waals surface area contributed by atoms with Crippen LogP contribution in [0.5, 0.6) is 11.5 Å². The number of rotatable bonds is 4. The highest BCUT2D eigenvalue weighted by molar-refractivity contribution is 6.05. The summed E-state index contributed by atoms with van der Waals surface area (Å²) in [5.74, 6) is 1.83. The van der Waals surface area contributed by atoms with Crippen molar-refractivity contribution in [3.63, 3.8) is 0 Å². The lowest BCUT2D eigenvalue weighted by atomic mass is 10.1. The molecular formula is C17H19N5O2. The smallest absolute Gasteiger partial charge is 0.221 e. The number of aliphatic imine (C=N–C) groups is 2. The zero-order valence-electron chi connectivity index (χ0n) is 13.5. The van der Waals surface area contributed by atoms with Gasteiger partial charge in [0.15, 0.2) is 6.17 Å². The van der Waals surface area contributed by atoms with Crippen LogP contribution < -0.4 is 25.8 Å². The Hall–Kier alpha value is -3.22. The van der Waals surface area contributed by atoms with Crippen LogP contribution in [0.3, 0.4) is 0 Å². The van der Waals surface area contributed by atoms with E-state index in [-0.39, 0.29) is 11.9 Å². The third kappa shape index (κ3) is 2.83. The van der Waals surface area contributed by atoms with Crippen LogP contribution in [0.4, 0.5) is 5.69 Å². The molecule has 4 N–H and O–H groups in total. The van der Waals surface area contributed by atoms with Gasteiger partial charge in [-0.2, -0.15) is 4.99 Å². The molecular weight excluding hydrogens is 306 g/mol. The minimum atomic E-state index is -0.440. The maximum Gasteiger partial charge on any atom is 0.221 e. The van der Waals surface area contributed by atoms with Crippen molar-refractivity contribution < 1.29 is 9.47 Å². The Balaban J connectivity index is 2.08. The Kier molecular flexibility index (Phi) is 4.24. The Bertz CT molecular complexity index is 786. The second kappa shape index (κ2) is 6.49. The monoisotopic (exact) mass is 325 g/mol. The van der Waals surface area contributed by atoms with Crippen LogP contribution in [-0.2, 0) is 0 Å². The number of nitrogens with two attached hydrogens (primary N) is 2. The van der Waals surface area contributed by atoms with E-state index in [2.05, 4.69) is 9.98 Å². The summed E-state index contributed by atoms with van der Waals surface area (Å²) in [7, 11) is 3.23. The van der Waals surface area contributed by atoms with Crippen molar-refractivity contribution in [1.29, 1.82) is 0 Å². The fourth-order valence-corrected chi connectivity index (χ4v) is 2.59. The van der Waals surface area contributed by atoms with Crippen LogP contribution in [0.15, 0.2) is 58.5 Å². The van der Waals surface area contributed by atoms with Gasteiger partial charge in [0.25, 0.3) is 0 Å². The summed E-state index contributed by atoms with van der Waals surface area (Å²) in [6, 6.07) is 15.1. The lowest BCUT2D eigenvalue weighted by Gasteiger charge is -2.33. The van der Waals surface area contributed by atoms with Crippen molar-refractivity contribution in [2.45, 2.75) is 6.17 Å². The van der Waals surface area contributed by atoms with Gasteiger partial charge < -0.3 is 20.9 Å². The average Bonchev–Trinajstić information content (AvgIpc) is 2.61. The van der Waals surface area contributed by atoms with Crippen LogP contribution in [-0.4, -0.2) is 26.1 Å². The van der Waals surface area contributed by atoms with E-state index in [0.29, 0.717) is 5.75 Å². The second-order valence-electron chi connectivity index (χ2n) is 5.15. The van der Waals surface area contributed by atoms with Gasteiger partial charge in [0.2, 0.25) is 11.9 Å². The van der Waals surface area contributed by atoms with E-state index < -0.39 is 6.17 Å². The molecule has 0 saturated carbocycles. The molecule has 0 amide bonds. The number of nitrogens with zero attached hydrogens (tertiary/aromatic N) is 3. The van der Waals surface area contributed by atoms with Gasteiger partial charge in [-0.1, -0.05) is 24.3 Å². The summed E-state index contributed by atoms with van der Waals surface area (Å²) in [5.41, 5.74) is 13.6. The lowest BCUT2D eigenvalue weighted by molar-refractivity contribution is 0.413. The molecule has 1 atom stereocenters. The first kappa shape index (κ1) is 15.7. The number of ether oxygens (including phenoxy) is 2. The van der Waals surface area contributed by atoms with Crippen molar-refractivity contribution in [1.82, 2.24) is 0 Å². The molecule has 0 aromatic heterocycles. The molecule has 0 aliphatic carbocycles. The predicted molar refractivity (Wildman–Crippen MR) is 94.5 cm³/mol. The van der Waals surface area contributed by atoms with E-state index in [4.69, 9.17) is 20.9 Å². The van der Waals surface area contributed by atoms with Crippen molar-refractivity contribution in [3.8, 4) is 11.5 Å². The van der Waals surface area contributed by atoms with E-state index in [1.54, 1.807) is 19.1 Å². The molecule has 0 spiro atoms. The van der Waals surface area contributed by atoms with Crippen LogP contribution in [0.2, 0.25) is 0 Å². The van der Waals surface area contributed by atoms with Gasteiger partial charge in [0, 0.05) is 0 Å². The molecule has 1 aliphatic rings. The third-order valence-corrected chi connectivity index (χ3v) is 3.73. The molecule has 0 saturated heterocycles. The van der Waals surface area contributed by atoms with Gasteiger partial charge in [0.1, 0.15) is 11.5 Å². The van der Waals surface area contributed by atoms with Gasteiger partial charge in [-0.25, -0.2) is 4.99 Å². The first-order valence-electron chi connectivity index (χ1n) is 7.37. The molecule has 7 heteroatoms. The third-order valence-electron chi connectivity index (χ3n) is 3.73. The molecule has 0 bridgehead atoms. The van der Waals surface area contributed by atoms with E-state index in [1.165, 1.54) is 0 Å². The quantitative estimate of drug-likeness (QED) is 0.894. The van der Waals surface area contributed by atoms with Crippen molar-refractivity contribution in [3.05, 3.63) is 54.1 Å². The summed E-state index contributed by atoms with van der Waals surface area (Å²) in [6.07, 6.45) is -0.440. The molecule has 0 fully saturated rings. The number of methoxy groups -OCH3 is 2. The fraction of sp³-hybridized carbons (Fsp3) is 0.176. The van der Waals surface area contributed by atoms with Crippen molar-refractivity contribution in [2.75, 3.05) is 19.1 Å². The number of hydrogen-bond donors (Lipinski definition) is 2. The average molecular weight is 325 g/mol. The number of para-hydroxylation sites is 2. The SMILES string of the molecule is COc1ccc(C2N=C(N)N=C(N)N2c2ccccc2OC)cc1. The molecule has 7 nitrogen and oxygen atoms in total. The number of hydrogen-bond acceptors (Lipinski definition) is 7. The van der Waals surface area contributed by atoms with Gasteiger partial charge in [-0.05, 0) is 29.8 Å². The standard InChI is InChI=1S/C17H19N5O2/c1-23-12-9-7-11(8-10-12)15-20-16(18)21-17(19)22(15)13-5-3-4-6-14(13)24-2/h3-10,15H,1-2H3,(H4,18,19,20,21). The zero-order chi connectivity index (χ0) is 17.1. The Morgan fingerprint density at radius 1 is 0.958 bits per heavy atom. The van der Waals surface area contributed by atoms with Crippen LogP contribution in [0, 0.1) is 0 Å². The van der Waals surface area contributed by atoms with Gasteiger partial charge >= 0.3 is 0 Å². The minimum Gasteiger partial charge on any atom is -0.497 e. The highest BCUT2D eigenvalue weighted by atomic mass is 16.5. The summed E-state index contributed by atoms with van der Waals surface area (Å²) in [5, 5.41) is 0. The molecule has 1 aliphatic heterocycles. The highest BCUT2D eigenvalue weighted by Crippen LogP contribution is 2.36. The topological polar surface area (TPSA) is 98.5 Å². The maximum absolute atomic E-state index is 6.14. The maximum atomic E-state index is 6.14. The van der Waals surface area contributed by atoms with Crippen LogP contribution in [0.25, 0.3) is 0 Å². The van der Waals surface area contributed by atoms with E-state index >= 15 is 0 Å². The summed E-state index contributed by atoms with van der Waals surface area (Å²) in [6.45, 7) is 0. The minimum absolute atomic E-state index is 0.138. The van der Waals surface area contributed by atoms with Crippen LogP contribution in [0.1, 0.15) is 11.7 Å². The Labute approximate surface area is 140 Å². The normalized spacial score (nSPS) is 17.1. The molecule has 3 rings (SSSR count). The molecule has 1 unspecified atom stereocenters. The second-order valence-corrected chi connectivity index (χ2v) is 5.15. The first-order chi connectivity index (χ1) is 11.6. The molecule has 2 aromatic rings. The number of anilines is 1. The molecule has 2 aromatic carbocycles. The highest BCUT2D eigenvalue weighted by Gasteiger charge is 2.29. The first-order valence-corrected chi connectivity index (χ1v) is 7.37. The summed E-state index contributed by atoms with van der Waals surface area (Å²) in [4.78, 5) is 10.3. The van der Waals surface area contributed by atoms with E-state index in [9.17, 15) is 0 Å². The van der Waals surface area contributed by atoms with Gasteiger partial charge in [0.05, 0.1) is 19.9 Å².